The summed E-state index contributed by atoms with van der Waals surface area (Å²) in [5.74, 6) is 0.257. The second-order valence-corrected chi connectivity index (χ2v) is 10.1. The summed E-state index contributed by atoms with van der Waals surface area (Å²) >= 11 is 6.26. The minimum atomic E-state index is -1.18. The van der Waals surface area contributed by atoms with Gasteiger partial charge in [-0.3, -0.25) is 4.79 Å². The van der Waals surface area contributed by atoms with Crippen molar-refractivity contribution in [2.75, 3.05) is 5.32 Å². The first kappa shape index (κ1) is 28.4. The van der Waals surface area contributed by atoms with E-state index in [0.717, 1.165) is 36.1 Å². The van der Waals surface area contributed by atoms with E-state index in [-0.39, 0.29) is 60.6 Å². The monoisotopic (exact) mass is 521 g/mol. The fourth-order valence-electron chi connectivity index (χ4n) is 4.21. The molecule has 2 heterocycles. The maximum Gasteiger partial charge on any atom is 1.00 e. The van der Waals surface area contributed by atoms with Gasteiger partial charge in [0.15, 0.2) is 0 Å². The van der Waals surface area contributed by atoms with Crippen LogP contribution in [-0.4, -0.2) is 22.0 Å². The number of anilines is 1. The Kier molecular flexibility index (Phi) is 9.80. The van der Waals surface area contributed by atoms with Crippen LogP contribution in [0.25, 0.3) is 11.7 Å². The summed E-state index contributed by atoms with van der Waals surface area (Å²) in [7, 11) is 0. The first-order chi connectivity index (χ1) is 16.7. The van der Waals surface area contributed by atoms with E-state index in [1.807, 2.05) is 13.0 Å². The summed E-state index contributed by atoms with van der Waals surface area (Å²) in [5, 5.41) is 18.8. The van der Waals surface area contributed by atoms with Crippen molar-refractivity contribution >= 4 is 29.2 Å². The average molecular weight is 522 g/mol. The van der Waals surface area contributed by atoms with Crippen LogP contribution in [0.4, 0.5) is 5.69 Å². The Morgan fingerprint density at radius 3 is 2.67 bits per heavy atom. The topological polar surface area (TPSA) is 121 Å². The zero-order valence-electron chi connectivity index (χ0n) is 21.1. The number of hydrogen-bond donors (Lipinski definition) is 1. The molecule has 1 aliphatic carbocycles. The average Bonchev–Trinajstić information content (AvgIpc) is 3.36. The van der Waals surface area contributed by atoms with Gasteiger partial charge in [-0.25, -0.2) is 4.98 Å². The van der Waals surface area contributed by atoms with E-state index in [0.29, 0.717) is 34.0 Å². The second kappa shape index (κ2) is 12.4. The van der Waals surface area contributed by atoms with Crippen molar-refractivity contribution in [2.24, 2.45) is 5.92 Å². The smallest absolute Gasteiger partial charge is 0.550 e. The Morgan fingerprint density at radius 1 is 1.28 bits per heavy atom. The molecule has 36 heavy (non-hydrogen) atoms. The molecule has 8 nitrogen and oxygen atoms in total. The van der Waals surface area contributed by atoms with Crippen molar-refractivity contribution in [1.29, 1.82) is 0 Å². The first-order valence-corrected chi connectivity index (χ1v) is 12.3. The Balaban J connectivity index is 0.00000361. The van der Waals surface area contributed by atoms with Gasteiger partial charge in [0.05, 0.1) is 22.6 Å². The second-order valence-electron chi connectivity index (χ2n) is 9.66. The maximum atomic E-state index is 12.9. The van der Waals surface area contributed by atoms with Gasteiger partial charge in [-0.15, -0.1) is 0 Å². The molecule has 0 unspecified atom stereocenters. The standard InChI is InChI=1S/C26H30ClN3O5.Na/c1-14(2)10-18-13-28-26(34-18)25-23(16-5-6-16)24(30-35-25)17(7-9-22(32)33)12-21(31)29-20-8-4-15(3)11-19(20)27;/h4,8,11,13-14,16-17H,5-7,9-10,12H2,1-3H3,(H,29,31)(H,32,33);/q;+1/p-1/t17-;/m0./s1. The largest absolute Gasteiger partial charge is 1.00 e. The fraction of sp³-hybridized carbons (Fsp3) is 0.462. The van der Waals surface area contributed by atoms with E-state index in [2.05, 4.69) is 29.3 Å². The van der Waals surface area contributed by atoms with Gasteiger partial charge in [-0.2, -0.15) is 0 Å². The molecule has 0 aliphatic heterocycles. The Hall–Kier alpha value is -2.13. The number of carboxylic acids is 1. The Morgan fingerprint density at radius 2 is 2.03 bits per heavy atom. The summed E-state index contributed by atoms with van der Waals surface area (Å²) in [6.45, 7) is 6.11. The van der Waals surface area contributed by atoms with Crippen molar-refractivity contribution in [1.82, 2.24) is 10.1 Å². The van der Waals surface area contributed by atoms with E-state index < -0.39 is 11.9 Å². The molecule has 4 rings (SSSR count). The number of carbonyl (C=O) groups excluding carboxylic acids is 2. The molecule has 0 saturated heterocycles. The quantitative estimate of drug-likeness (QED) is 0.383. The predicted octanol–water partition coefficient (Wildman–Crippen LogP) is 2.01. The molecule has 1 aliphatic rings. The van der Waals surface area contributed by atoms with Crippen molar-refractivity contribution < 1.29 is 53.2 Å². The summed E-state index contributed by atoms with van der Waals surface area (Å²) in [6.07, 6.45) is 4.37. The third-order valence-corrected chi connectivity index (χ3v) is 6.33. The van der Waals surface area contributed by atoms with E-state index >= 15 is 0 Å². The molecule has 1 N–H and O–H groups in total. The number of nitrogens with zero attached hydrogens (tertiary/aromatic N) is 2. The molecule has 1 atom stereocenters. The molecule has 0 radical (unpaired) electrons. The SMILES string of the molecule is Cc1ccc(NC(=O)C[C@H](CCC(=O)[O-])c2noc(-c3ncc(CC(C)C)o3)c2C2CC2)c(Cl)c1.[Na+]. The molecule has 0 bridgehead atoms. The zero-order valence-corrected chi connectivity index (χ0v) is 23.9. The third-order valence-electron chi connectivity index (χ3n) is 6.01. The number of amides is 1. The maximum absolute atomic E-state index is 12.9. The number of aliphatic carboxylic acids is 1. The number of oxazole rings is 1. The van der Waals surface area contributed by atoms with Crippen LogP contribution in [0.1, 0.15) is 80.4 Å². The molecular weight excluding hydrogens is 493 g/mol. The number of carboxylic acid groups (broad SMARTS) is 1. The van der Waals surface area contributed by atoms with Crippen LogP contribution < -0.4 is 40.0 Å². The van der Waals surface area contributed by atoms with Crippen LogP contribution in [0.3, 0.4) is 0 Å². The molecule has 186 valence electrons. The van der Waals surface area contributed by atoms with Gasteiger partial charge in [-0.05, 0) is 62.1 Å². The Labute approximate surface area is 237 Å². The summed E-state index contributed by atoms with van der Waals surface area (Å²) in [5.41, 5.74) is 2.92. The molecule has 1 saturated carbocycles. The number of benzene rings is 1. The third kappa shape index (κ3) is 7.22. The van der Waals surface area contributed by atoms with Crippen LogP contribution in [-0.2, 0) is 16.0 Å². The number of aromatic nitrogens is 2. The van der Waals surface area contributed by atoms with Gasteiger partial charge in [0.25, 0.3) is 5.89 Å². The van der Waals surface area contributed by atoms with E-state index in [1.54, 1.807) is 18.3 Å². The molecule has 1 amide bonds. The fourth-order valence-corrected chi connectivity index (χ4v) is 4.49. The molecular formula is C26H29ClN3NaO5. The summed E-state index contributed by atoms with van der Waals surface area (Å²) < 4.78 is 11.6. The van der Waals surface area contributed by atoms with E-state index in [4.69, 9.17) is 20.5 Å². The van der Waals surface area contributed by atoms with Gasteiger partial charge in [0.1, 0.15) is 5.76 Å². The van der Waals surface area contributed by atoms with Gasteiger partial charge in [0.2, 0.25) is 11.7 Å². The normalized spacial score (nSPS) is 13.9. The minimum Gasteiger partial charge on any atom is -0.550 e. The molecule has 10 heteroatoms. The summed E-state index contributed by atoms with van der Waals surface area (Å²) in [6, 6.07) is 5.37. The van der Waals surface area contributed by atoms with Gasteiger partial charge in [-0.1, -0.05) is 36.7 Å². The van der Waals surface area contributed by atoms with Crippen LogP contribution in [0.15, 0.2) is 33.3 Å². The number of rotatable bonds is 11. The van der Waals surface area contributed by atoms with Gasteiger partial charge >= 0.3 is 29.6 Å². The predicted molar refractivity (Wildman–Crippen MR) is 129 cm³/mol. The first-order valence-electron chi connectivity index (χ1n) is 11.9. The number of nitrogens with one attached hydrogen (secondary N) is 1. The van der Waals surface area contributed by atoms with Crippen LogP contribution in [0.2, 0.25) is 5.02 Å². The van der Waals surface area contributed by atoms with Crippen molar-refractivity contribution in [3.63, 3.8) is 0 Å². The molecule has 1 fully saturated rings. The number of aryl methyl sites for hydroxylation is 1. The molecule has 0 spiro atoms. The molecule has 2 aromatic heterocycles. The van der Waals surface area contributed by atoms with Crippen molar-refractivity contribution in [3.8, 4) is 11.7 Å². The van der Waals surface area contributed by atoms with Crippen LogP contribution in [0.5, 0.6) is 0 Å². The van der Waals surface area contributed by atoms with E-state index in [9.17, 15) is 14.7 Å². The van der Waals surface area contributed by atoms with Crippen LogP contribution >= 0.6 is 11.6 Å². The number of carbonyl (C=O) groups is 2. The molecule has 3 aromatic rings. The minimum absolute atomic E-state index is 0. The van der Waals surface area contributed by atoms with Gasteiger partial charge < -0.3 is 24.2 Å². The number of hydrogen-bond acceptors (Lipinski definition) is 7. The number of halogens is 1. The zero-order chi connectivity index (χ0) is 25.1. The van der Waals surface area contributed by atoms with Gasteiger partial charge in [0, 0.05) is 30.3 Å². The summed E-state index contributed by atoms with van der Waals surface area (Å²) in [4.78, 5) is 28.6. The van der Waals surface area contributed by atoms with E-state index in [1.165, 1.54) is 0 Å². The van der Waals surface area contributed by atoms with Crippen LogP contribution in [0, 0.1) is 12.8 Å². The van der Waals surface area contributed by atoms with Crippen molar-refractivity contribution in [3.05, 3.63) is 52.0 Å². The molecule has 1 aromatic carbocycles. The Bertz CT molecular complexity index is 1220. The van der Waals surface area contributed by atoms with Crippen molar-refractivity contribution in [2.45, 2.75) is 71.1 Å².